The highest BCUT2D eigenvalue weighted by Crippen LogP contribution is 2.38. The third kappa shape index (κ3) is 4.62. The summed E-state index contributed by atoms with van der Waals surface area (Å²) < 4.78 is 33.7. The maximum absolute atomic E-state index is 13.1. The number of hydrogen-bond acceptors (Lipinski definition) is 10. The first-order valence-corrected chi connectivity index (χ1v) is 13.5. The highest BCUT2D eigenvalue weighted by molar-refractivity contribution is 7.89. The number of aromatic nitrogens is 3. The third-order valence-corrected chi connectivity index (χ3v) is 8.54. The van der Waals surface area contributed by atoms with Crippen molar-refractivity contribution < 1.29 is 17.9 Å². The van der Waals surface area contributed by atoms with Crippen molar-refractivity contribution in [3.8, 4) is 5.75 Å². The number of fused-ring (bicyclic) bond motifs is 3. The van der Waals surface area contributed by atoms with E-state index in [1.54, 1.807) is 0 Å². The van der Waals surface area contributed by atoms with E-state index < -0.39 is 15.9 Å². The van der Waals surface area contributed by atoms with E-state index in [0.29, 0.717) is 49.8 Å². The topological polar surface area (TPSA) is 156 Å². The molecule has 1 aromatic carbocycles. The van der Waals surface area contributed by atoms with E-state index in [0.717, 1.165) is 24.2 Å². The number of nitrogens with two attached hydrogens (primary N) is 1. The molecule has 192 valence electrons. The molecule has 2 aliphatic heterocycles. The van der Waals surface area contributed by atoms with Gasteiger partial charge in [0.1, 0.15) is 18.2 Å². The molecule has 6 rings (SSSR count). The van der Waals surface area contributed by atoms with E-state index in [-0.39, 0.29) is 16.5 Å². The van der Waals surface area contributed by atoms with Crippen LogP contribution in [0.2, 0.25) is 0 Å². The molecule has 0 bridgehead atoms. The van der Waals surface area contributed by atoms with E-state index in [1.165, 1.54) is 35.0 Å². The molecule has 2 fully saturated rings. The lowest BCUT2D eigenvalue weighted by Crippen LogP contribution is -2.58. The summed E-state index contributed by atoms with van der Waals surface area (Å²) in [6.45, 7) is 1.61. The molecule has 1 saturated carbocycles. The molecule has 3 aromatic rings. The van der Waals surface area contributed by atoms with Crippen molar-refractivity contribution in [3.05, 3.63) is 54.5 Å². The first kappa shape index (κ1) is 23.4. The molecular formula is C24H26N8O4S. The third-order valence-electron chi connectivity index (χ3n) is 6.66. The van der Waals surface area contributed by atoms with Crippen LogP contribution in [0.3, 0.4) is 0 Å². The average molecular weight is 523 g/mol. The first-order chi connectivity index (χ1) is 17.9. The van der Waals surface area contributed by atoms with Gasteiger partial charge in [0.15, 0.2) is 0 Å². The van der Waals surface area contributed by atoms with Gasteiger partial charge in [0, 0.05) is 56.0 Å². The molecule has 0 spiro atoms. The Morgan fingerprint density at radius 1 is 1.14 bits per heavy atom. The summed E-state index contributed by atoms with van der Waals surface area (Å²) in [4.78, 5) is 26.8. The van der Waals surface area contributed by atoms with Gasteiger partial charge < -0.3 is 26.0 Å². The summed E-state index contributed by atoms with van der Waals surface area (Å²) in [6, 6.07) is 8.92. The first-order valence-electron chi connectivity index (χ1n) is 12.0. The Kier molecular flexibility index (Phi) is 5.80. The summed E-state index contributed by atoms with van der Waals surface area (Å²) >= 11 is 0. The van der Waals surface area contributed by atoms with Gasteiger partial charge in [0.2, 0.25) is 16.0 Å². The van der Waals surface area contributed by atoms with Crippen LogP contribution in [0.1, 0.15) is 23.2 Å². The maximum atomic E-state index is 13.1. The zero-order valence-electron chi connectivity index (χ0n) is 19.9. The highest BCUT2D eigenvalue weighted by Gasteiger charge is 2.37. The molecule has 1 unspecified atom stereocenters. The summed E-state index contributed by atoms with van der Waals surface area (Å²) in [5.41, 5.74) is 7.35. The number of carbonyl (C=O) groups excluding carboxylic acids is 1. The van der Waals surface area contributed by atoms with Crippen molar-refractivity contribution in [2.75, 3.05) is 41.8 Å². The Balaban J connectivity index is 1.18. The Morgan fingerprint density at radius 2 is 1.95 bits per heavy atom. The van der Waals surface area contributed by atoms with Gasteiger partial charge in [0.25, 0.3) is 5.91 Å². The lowest BCUT2D eigenvalue weighted by atomic mass is 10.1. The molecule has 13 heteroatoms. The van der Waals surface area contributed by atoms with E-state index in [9.17, 15) is 13.2 Å². The van der Waals surface area contributed by atoms with Crippen molar-refractivity contribution in [1.82, 2.24) is 19.3 Å². The van der Waals surface area contributed by atoms with Gasteiger partial charge in [-0.2, -0.15) is 9.29 Å². The predicted molar refractivity (Wildman–Crippen MR) is 137 cm³/mol. The smallest absolute Gasteiger partial charge is 0.254 e. The molecule has 12 nitrogen and oxygen atoms in total. The lowest BCUT2D eigenvalue weighted by molar-refractivity contribution is 0.100. The van der Waals surface area contributed by atoms with E-state index in [1.807, 2.05) is 18.2 Å². The maximum Gasteiger partial charge on any atom is 0.254 e. The Labute approximate surface area is 213 Å². The summed E-state index contributed by atoms with van der Waals surface area (Å²) in [6.07, 6.45) is 6.43. The van der Waals surface area contributed by atoms with Crippen LogP contribution < -0.4 is 26.0 Å². The highest BCUT2D eigenvalue weighted by atomic mass is 32.2. The van der Waals surface area contributed by atoms with Crippen molar-refractivity contribution in [1.29, 1.82) is 0 Å². The molecule has 1 amide bonds. The second kappa shape index (κ2) is 9.16. The van der Waals surface area contributed by atoms with Gasteiger partial charge in [-0.25, -0.2) is 13.4 Å². The van der Waals surface area contributed by atoms with Crippen molar-refractivity contribution in [3.63, 3.8) is 0 Å². The molecular weight excluding hydrogens is 496 g/mol. The average Bonchev–Trinajstić information content (AvgIpc) is 3.72. The summed E-state index contributed by atoms with van der Waals surface area (Å²) in [7, 11) is -3.59. The van der Waals surface area contributed by atoms with Gasteiger partial charge >= 0.3 is 0 Å². The van der Waals surface area contributed by atoms with E-state index in [4.69, 9.17) is 10.5 Å². The predicted octanol–water partition coefficient (Wildman–Crippen LogP) is 1.56. The van der Waals surface area contributed by atoms with Crippen molar-refractivity contribution in [2.45, 2.75) is 29.8 Å². The second-order valence-corrected chi connectivity index (χ2v) is 11.2. The number of rotatable bonds is 7. The van der Waals surface area contributed by atoms with Crippen LogP contribution in [-0.4, -0.2) is 71.9 Å². The number of nitrogens with zero attached hydrogens (tertiary/aromatic N) is 5. The van der Waals surface area contributed by atoms with Crippen LogP contribution in [0.4, 0.5) is 23.1 Å². The zero-order valence-corrected chi connectivity index (χ0v) is 20.7. The van der Waals surface area contributed by atoms with Gasteiger partial charge in [0.05, 0.1) is 22.2 Å². The Bertz CT molecular complexity index is 1450. The Morgan fingerprint density at radius 3 is 2.70 bits per heavy atom. The molecule has 3 aliphatic rings. The fraction of sp³-hybridized carbons (Fsp3) is 0.333. The van der Waals surface area contributed by atoms with Crippen LogP contribution in [0.25, 0.3) is 0 Å². The van der Waals surface area contributed by atoms with Crippen molar-refractivity contribution in [2.24, 2.45) is 5.73 Å². The minimum absolute atomic E-state index is 0.0996. The fourth-order valence-electron chi connectivity index (χ4n) is 4.58. The number of ether oxygens (including phenoxy) is 1. The summed E-state index contributed by atoms with van der Waals surface area (Å²) in [5, 5.41) is 6.39. The number of amides is 1. The summed E-state index contributed by atoms with van der Waals surface area (Å²) in [5.74, 6) is 0.859. The zero-order chi connectivity index (χ0) is 25.6. The quantitative estimate of drug-likeness (QED) is 0.416. The molecule has 4 heterocycles. The number of anilines is 4. The fourth-order valence-corrected chi connectivity index (χ4v) is 6.03. The van der Waals surface area contributed by atoms with Gasteiger partial charge in [-0.05, 0) is 37.1 Å². The van der Waals surface area contributed by atoms with Crippen LogP contribution in [0, 0.1) is 0 Å². The standard InChI is InChI=1S/C24H26N8O4S/c25-22(33)19-12-27-24(30-23(19)28-15-1-2-15)29-16-3-4-20-21(11-16)36-14-17-13-31(9-10-32(17)20)37(34,35)18-5-7-26-8-6-18/h3-8,11-12,15,17H,1-2,9-10,13-14H2,(H2,25,33)(H2,27,28,29,30). The van der Waals surface area contributed by atoms with E-state index in [2.05, 4.69) is 30.5 Å². The minimum Gasteiger partial charge on any atom is -0.489 e. The van der Waals surface area contributed by atoms with Crippen LogP contribution in [-0.2, 0) is 10.0 Å². The number of carbonyl (C=O) groups is 1. The van der Waals surface area contributed by atoms with Gasteiger partial charge in [-0.3, -0.25) is 9.78 Å². The second-order valence-electron chi connectivity index (χ2n) is 9.25. The molecule has 1 atom stereocenters. The number of benzene rings is 1. The van der Waals surface area contributed by atoms with Gasteiger partial charge in [-0.15, -0.1) is 0 Å². The minimum atomic E-state index is -3.59. The molecule has 2 aromatic heterocycles. The largest absolute Gasteiger partial charge is 0.489 e. The number of pyridine rings is 1. The van der Waals surface area contributed by atoms with Crippen LogP contribution in [0.5, 0.6) is 5.75 Å². The molecule has 0 radical (unpaired) electrons. The van der Waals surface area contributed by atoms with Crippen LogP contribution in [0.15, 0.2) is 53.8 Å². The normalized spacial score (nSPS) is 19.4. The molecule has 37 heavy (non-hydrogen) atoms. The molecule has 4 N–H and O–H groups in total. The number of sulfonamides is 1. The number of piperazine rings is 1. The lowest BCUT2D eigenvalue weighted by Gasteiger charge is -2.45. The number of nitrogens with one attached hydrogen (secondary N) is 2. The number of hydrogen-bond donors (Lipinski definition) is 3. The van der Waals surface area contributed by atoms with E-state index >= 15 is 0 Å². The monoisotopic (exact) mass is 522 g/mol. The number of primary amides is 1. The SMILES string of the molecule is NC(=O)c1cnc(Nc2ccc3c(c2)OCC2CN(S(=O)(=O)c4ccncc4)CCN32)nc1NC1CC1. The van der Waals surface area contributed by atoms with Crippen LogP contribution >= 0.6 is 0 Å². The van der Waals surface area contributed by atoms with Crippen molar-refractivity contribution >= 4 is 39.1 Å². The van der Waals surface area contributed by atoms with Gasteiger partial charge in [-0.1, -0.05) is 0 Å². The Hall–Kier alpha value is -3.97. The molecule has 1 aliphatic carbocycles. The molecule has 1 saturated heterocycles.